The SMILES string of the molecule is CNc1ccc2sc(CCC3CC(F)C(n4cc(-c5ccn(C)n5)c5c(N)ncnc54)O3)cc2n1. The van der Waals surface area contributed by atoms with Crippen molar-refractivity contribution in [3.05, 3.63) is 47.9 Å². The second-order valence-corrected chi connectivity index (χ2v) is 9.93. The number of anilines is 2. The van der Waals surface area contributed by atoms with E-state index in [0.29, 0.717) is 23.3 Å². The zero-order valence-corrected chi connectivity index (χ0v) is 20.2. The van der Waals surface area contributed by atoms with Crippen molar-refractivity contribution in [3.8, 4) is 11.3 Å². The molecule has 35 heavy (non-hydrogen) atoms. The number of aryl methyl sites for hydroxylation is 2. The molecule has 1 aliphatic heterocycles. The minimum atomic E-state index is -1.16. The van der Waals surface area contributed by atoms with E-state index >= 15 is 4.39 Å². The fourth-order valence-electron chi connectivity index (χ4n) is 4.73. The molecule has 0 bridgehead atoms. The largest absolute Gasteiger partial charge is 0.383 e. The minimum Gasteiger partial charge on any atom is -0.383 e. The number of pyridine rings is 1. The van der Waals surface area contributed by atoms with Crippen LogP contribution in [0.5, 0.6) is 0 Å². The number of rotatable bonds is 6. The van der Waals surface area contributed by atoms with Gasteiger partial charge in [-0.3, -0.25) is 4.68 Å². The summed E-state index contributed by atoms with van der Waals surface area (Å²) in [5.74, 6) is 1.18. The van der Waals surface area contributed by atoms with E-state index in [2.05, 4.69) is 37.5 Å². The van der Waals surface area contributed by atoms with Gasteiger partial charge >= 0.3 is 0 Å². The molecule has 1 saturated heterocycles. The van der Waals surface area contributed by atoms with Gasteiger partial charge in [0.25, 0.3) is 0 Å². The fraction of sp³-hybridized carbons (Fsp3) is 0.333. The van der Waals surface area contributed by atoms with Gasteiger partial charge in [0.1, 0.15) is 29.8 Å². The van der Waals surface area contributed by atoms with Gasteiger partial charge in [0.15, 0.2) is 6.23 Å². The predicted molar refractivity (Wildman–Crippen MR) is 135 cm³/mol. The number of fused-ring (bicyclic) bond motifs is 2. The van der Waals surface area contributed by atoms with Gasteiger partial charge in [-0.15, -0.1) is 11.3 Å². The molecule has 180 valence electrons. The van der Waals surface area contributed by atoms with Gasteiger partial charge in [0.2, 0.25) is 0 Å². The van der Waals surface area contributed by atoms with Crippen LogP contribution in [0.1, 0.15) is 23.9 Å². The van der Waals surface area contributed by atoms with E-state index in [-0.39, 0.29) is 6.10 Å². The van der Waals surface area contributed by atoms with Crippen molar-refractivity contribution in [1.29, 1.82) is 0 Å². The third kappa shape index (κ3) is 3.90. The van der Waals surface area contributed by atoms with Crippen LogP contribution in [-0.2, 0) is 18.2 Å². The number of ether oxygens (including phenoxy) is 1. The number of aromatic nitrogens is 6. The summed E-state index contributed by atoms with van der Waals surface area (Å²) in [5.41, 5.74) is 9.20. The van der Waals surface area contributed by atoms with E-state index in [0.717, 1.165) is 40.1 Å². The summed E-state index contributed by atoms with van der Waals surface area (Å²) < 4.78 is 26.1. The van der Waals surface area contributed by atoms with E-state index in [1.807, 2.05) is 38.6 Å². The van der Waals surface area contributed by atoms with Crippen LogP contribution in [0, 0.1) is 0 Å². The van der Waals surface area contributed by atoms with Crippen LogP contribution < -0.4 is 11.1 Å². The highest BCUT2D eigenvalue weighted by atomic mass is 32.1. The Balaban J connectivity index is 1.24. The third-order valence-electron chi connectivity index (χ3n) is 6.43. The van der Waals surface area contributed by atoms with Crippen LogP contribution in [0.2, 0.25) is 0 Å². The van der Waals surface area contributed by atoms with E-state index in [4.69, 9.17) is 10.5 Å². The number of alkyl halides is 1. The molecule has 1 fully saturated rings. The zero-order valence-electron chi connectivity index (χ0n) is 19.3. The zero-order chi connectivity index (χ0) is 24.1. The molecule has 6 rings (SSSR count). The molecule has 0 aromatic carbocycles. The maximum Gasteiger partial charge on any atom is 0.167 e. The number of nitrogens with one attached hydrogen (secondary N) is 1. The van der Waals surface area contributed by atoms with Crippen molar-refractivity contribution in [3.63, 3.8) is 0 Å². The Morgan fingerprint density at radius 1 is 1.29 bits per heavy atom. The molecule has 0 saturated carbocycles. The predicted octanol–water partition coefficient (Wildman–Crippen LogP) is 4.32. The first-order chi connectivity index (χ1) is 17.0. The van der Waals surface area contributed by atoms with E-state index in [1.165, 1.54) is 11.2 Å². The van der Waals surface area contributed by atoms with Gasteiger partial charge in [-0.25, -0.2) is 19.3 Å². The Labute approximate surface area is 204 Å². The molecule has 11 heteroatoms. The first kappa shape index (κ1) is 21.9. The number of nitrogens with zero attached hydrogens (tertiary/aromatic N) is 6. The molecule has 6 heterocycles. The highest BCUT2D eigenvalue weighted by Gasteiger charge is 2.38. The second kappa shape index (κ2) is 8.58. The molecule has 3 atom stereocenters. The molecular formula is C24H25FN8OS. The Morgan fingerprint density at radius 2 is 2.17 bits per heavy atom. The van der Waals surface area contributed by atoms with E-state index in [9.17, 15) is 0 Å². The van der Waals surface area contributed by atoms with Crippen molar-refractivity contribution in [1.82, 2.24) is 29.3 Å². The average molecular weight is 493 g/mol. The molecule has 1 aliphatic rings. The first-order valence-electron chi connectivity index (χ1n) is 11.5. The van der Waals surface area contributed by atoms with Crippen LogP contribution in [0.4, 0.5) is 16.0 Å². The van der Waals surface area contributed by atoms with Crippen LogP contribution in [-0.4, -0.2) is 48.6 Å². The fourth-order valence-corrected chi connectivity index (χ4v) is 5.75. The highest BCUT2D eigenvalue weighted by molar-refractivity contribution is 7.19. The molecule has 0 spiro atoms. The minimum absolute atomic E-state index is 0.198. The van der Waals surface area contributed by atoms with Crippen molar-refractivity contribution in [2.24, 2.45) is 7.05 Å². The molecule has 9 nitrogen and oxygen atoms in total. The lowest BCUT2D eigenvalue weighted by atomic mass is 10.1. The van der Waals surface area contributed by atoms with Gasteiger partial charge in [-0.2, -0.15) is 5.10 Å². The number of halogens is 1. The molecular weight excluding hydrogens is 467 g/mol. The summed E-state index contributed by atoms with van der Waals surface area (Å²) >= 11 is 1.72. The summed E-state index contributed by atoms with van der Waals surface area (Å²) in [5, 5.41) is 8.21. The van der Waals surface area contributed by atoms with Crippen molar-refractivity contribution in [2.45, 2.75) is 37.8 Å². The molecule has 5 aromatic rings. The molecule has 0 aliphatic carbocycles. The normalized spacial score (nSPS) is 20.3. The van der Waals surface area contributed by atoms with Gasteiger partial charge < -0.3 is 20.4 Å². The number of nitrogen functional groups attached to an aromatic ring is 1. The molecule has 0 amide bonds. The summed E-state index contributed by atoms with van der Waals surface area (Å²) in [6, 6.07) is 8.04. The van der Waals surface area contributed by atoms with E-state index < -0.39 is 12.4 Å². The Morgan fingerprint density at radius 3 is 2.97 bits per heavy atom. The summed E-state index contributed by atoms with van der Waals surface area (Å²) in [6.45, 7) is 0. The molecule has 3 N–H and O–H groups in total. The third-order valence-corrected chi connectivity index (χ3v) is 7.57. The molecule has 3 unspecified atom stereocenters. The Bertz CT molecular complexity index is 1520. The highest BCUT2D eigenvalue weighted by Crippen LogP contribution is 2.40. The molecule has 0 radical (unpaired) electrons. The van der Waals surface area contributed by atoms with Crippen LogP contribution in [0.3, 0.4) is 0 Å². The standard InChI is InChI=1S/C24H25FN8OS/c1-27-20-6-5-19-18(30-20)10-14(35-19)4-3-13-9-16(25)24(34-13)33-11-15(17-7-8-32(2)31-17)21-22(26)28-12-29-23(21)33/h5-8,10-13,16,24H,3-4,9H2,1-2H3,(H,27,30)(H2,26,28,29). The topological polar surface area (TPSA) is 109 Å². The number of nitrogens with two attached hydrogens (primary N) is 1. The van der Waals surface area contributed by atoms with Gasteiger partial charge in [-0.1, -0.05) is 0 Å². The monoisotopic (exact) mass is 492 g/mol. The molecule has 5 aromatic heterocycles. The van der Waals surface area contributed by atoms with Crippen LogP contribution in [0.25, 0.3) is 32.5 Å². The smallest absolute Gasteiger partial charge is 0.167 e. The van der Waals surface area contributed by atoms with Crippen LogP contribution in [0.15, 0.2) is 43.0 Å². The van der Waals surface area contributed by atoms with Crippen LogP contribution >= 0.6 is 11.3 Å². The van der Waals surface area contributed by atoms with Crippen molar-refractivity contribution < 1.29 is 9.13 Å². The maximum absolute atomic E-state index is 15.3. The summed E-state index contributed by atoms with van der Waals surface area (Å²) in [4.78, 5) is 14.4. The quantitative estimate of drug-likeness (QED) is 0.363. The lowest BCUT2D eigenvalue weighted by molar-refractivity contribution is -0.0183. The Hall–Kier alpha value is -3.57. The summed E-state index contributed by atoms with van der Waals surface area (Å²) in [6.07, 6.45) is 4.79. The van der Waals surface area contributed by atoms with Gasteiger partial charge in [0, 0.05) is 43.4 Å². The first-order valence-corrected chi connectivity index (χ1v) is 12.3. The van der Waals surface area contributed by atoms with Gasteiger partial charge in [-0.05, 0) is 37.1 Å². The number of thiophene rings is 1. The number of hydrogen-bond donors (Lipinski definition) is 2. The van der Waals surface area contributed by atoms with E-state index in [1.54, 1.807) is 20.6 Å². The average Bonchev–Trinajstić information content (AvgIpc) is 3.62. The second-order valence-electron chi connectivity index (χ2n) is 8.76. The van der Waals surface area contributed by atoms with Crippen molar-refractivity contribution >= 4 is 44.2 Å². The maximum atomic E-state index is 15.3. The Kier molecular flexibility index (Phi) is 5.37. The number of hydrogen-bond acceptors (Lipinski definition) is 8. The summed E-state index contributed by atoms with van der Waals surface area (Å²) in [7, 11) is 3.70. The van der Waals surface area contributed by atoms with Gasteiger partial charge in [0.05, 0.1) is 27.4 Å². The lowest BCUT2D eigenvalue weighted by Gasteiger charge is -2.16. The van der Waals surface area contributed by atoms with Crippen molar-refractivity contribution in [2.75, 3.05) is 18.1 Å². The lowest BCUT2D eigenvalue weighted by Crippen LogP contribution is -2.16.